The number of amides is 1. The lowest BCUT2D eigenvalue weighted by molar-refractivity contribution is -0.115. The van der Waals surface area contributed by atoms with Gasteiger partial charge >= 0.3 is 0 Å². The molecule has 8 nitrogen and oxygen atoms in total. The summed E-state index contributed by atoms with van der Waals surface area (Å²) in [4.78, 5) is 26.6. The Morgan fingerprint density at radius 1 is 1.00 bits per heavy atom. The van der Waals surface area contributed by atoms with E-state index in [0.717, 1.165) is 53.4 Å². The van der Waals surface area contributed by atoms with Gasteiger partial charge in [-0.05, 0) is 73.8 Å². The molecular weight excluding hydrogens is 531 g/mol. The molecule has 212 valence electrons. The fraction of sp³-hybridized carbons (Fsp3) is 0.212. The molecule has 1 aliphatic heterocycles. The third kappa shape index (κ3) is 6.21. The summed E-state index contributed by atoms with van der Waals surface area (Å²) in [5.41, 5.74) is 3.75. The summed E-state index contributed by atoms with van der Waals surface area (Å²) in [6, 6.07) is 21.5. The lowest BCUT2D eigenvalue weighted by atomic mass is 10.0. The molecule has 1 atom stereocenters. The van der Waals surface area contributed by atoms with Crippen molar-refractivity contribution in [3.63, 3.8) is 0 Å². The molecule has 1 amide bonds. The summed E-state index contributed by atoms with van der Waals surface area (Å²) < 4.78 is 19.8. The van der Waals surface area contributed by atoms with Crippen molar-refractivity contribution in [3.8, 4) is 22.9 Å². The van der Waals surface area contributed by atoms with Gasteiger partial charge in [0.25, 0.3) is 0 Å². The van der Waals surface area contributed by atoms with E-state index in [9.17, 15) is 9.18 Å². The number of nitrogens with zero attached hydrogens (tertiary/aromatic N) is 3. The quantitative estimate of drug-likeness (QED) is 0.205. The molecule has 0 spiro atoms. The smallest absolute Gasteiger partial charge is 0.228 e. The topological polar surface area (TPSA) is 101 Å². The first-order valence-electron chi connectivity index (χ1n) is 14.0. The fourth-order valence-electron chi connectivity index (χ4n) is 5.17. The minimum absolute atomic E-state index is 0.135. The maximum absolute atomic E-state index is 13.3. The van der Waals surface area contributed by atoms with Crippen LogP contribution in [0.5, 0.6) is 11.6 Å². The second kappa shape index (κ2) is 12.3. The van der Waals surface area contributed by atoms with Gasteiger partial charge in [0.1, 0.15) is 11.6 Å². The van der Waals surface area contributed by atoms with Gasteiger partial charge in [0.05, 0.1) is 17.7 Å². The van der Waals surface area contributed by atoms with Crippen molar-refractivity contribution in [2.24, 2.45) is 0 Å². The predicted octanol–water partition coefficient (Wildman–Crippen LogP) is 6.28. The van der Waals surface area contributed by atoms with Crippen molar-refractivity contribution in [1.82, 2.24) is 20.3 Å². The van der Waals surface area contributed by atoms with Gasteiger partial charge < -0.3 is 20.7 Å². The van der Waals surface area contributed by atoms with E-state index in [-0.39, 0.29) is 24.2 Å². The zero-order valence-corrected chi connectivity index (χ0v) is 23.2. The molecular formula is C33H31FN6O2. The highest BCUT2D eigenvalue weighted by Crippen LogP contribution is 2.38. The van der Waals surface area contributed by atoms with Gasteiger partial charge in [0.15, 0.2) is 0 Å². The Balaban J connectivity index is 1.27. The van der Waals surface area contributed by atoms with Crippen LogP contribution in [0, 0.1) is 12.7 Å². The molecule has 42 heavy (non-hydrogen) atoms. The third-order valence-electron chi connectivity index (χ3n) is 7.29. The van der Waals surface area contributed by atoms with Crippen LogP contribution >= 0.6 is 0 Å². The molecule has 1 saturated heterocycles. The van der Waals surface area contributed by atoms with Crippen LogP contribution in [0.15, 0.2) is 85.2 Å². The Labute approximate surface area is 243 Å². The van der Waals surface area contributed by atoms with E-state index in [2.05, 4.69) is 25.9 Å². The first kappa shape index (κ1) is 27.3. The minimum atomic E-state index is -0.332. The summed E-state index contributed by atoms with van der Waals surface area (Å²) in [5.74, 6) is 1.10. The molecule has 1 fully saturated rings. The molecule has 0 bridgehead atoms. The number of pyridine rings is 1. The summed E-state index contributed by atoms with van der Waals surface area (Å²) in [7, 11) is 0. The third-order valence-corrected chi connectivity index (χ3v) is 7.29. The average molecular weight is 563 g/mol. The average Bonchev–Trinajstić information content (AvgIpc) is 3.01. The summed E-state index contributed by atoms with van der Waals surface area (Å²) in [6.07, 6.45) is 5.74. The number of hydrogen-bond acceptors (Lipinski definition) is 7. The second-order valence-corrected chi connectivity index (χ2v) is 10.4. The number of ether oxygens (including phenoxy) is 1. The molecule has 2 aromatic heterocycles. The maximum atomic E-state index is 13.3. The Hall–Kier alpha value is -4.89. The zero-order valence-electron chi connectivity index (χ0n) is 23.2. The van der Waals surface area contributed by atoms with Gasteiger partial charge in [0.2, 0.25) is 17.7 Å². The van der Waals surface area contributed by atoms with Crippen LogP contribution < -0.4 is 20.7 Å². The number of carbonyl (C=O) groups is 1. The minimum Gasteiger partial charge on any atom is -0.437 e. The fourth-order valence-corrected chi connectivity index (χ4v) is 5.17. The van der Waals surface area contributed by atoms with Crippen LogP contribution in [0.25, 0.3) is 22.0 Å². The molecule has 0 radical (unpaired) electrons. The van der Waals surface area contributed by atoms with Crippen LogP contribution in [0.1, 0.15) is 24.0 Å². The van der Waals surface area contributed by atoms with Gasteiger partial charge in [-0.25, -0.2) is 19.3 Å². The molecule has 5 aromatic rings. The van der Waals surface area contributed by atoms with Crippen LogP contribution in [0.4, 0.5) is 16.0 Å². The summed E-state index contributed by atoms with van der Waals surface area (Å²) in [5, 5.41) is 11.5. The van der Waals surface area contributed by atoms with E-state index in [1.165, 1.54) is 12.1 Å². The number of aromatic nitrogens is 3. The normalized spacial score (nSPS) is 14.9. The number of nitrogens with one attached hydrogen (secondary N) is 3. The molecule has 6 rings (SSSR count). The van der Waals surface area contributed by atoms with Crippen molar-refractivity contribution in [2.45, 2.75) is 32.2 Å². The Bertz CT molecular complexity index is 1720. The highest BCUT2D eigenvalue weighted by atomic mass is 19.1. The molecule has 3 N–H and O–H groups in total. The Kier molecular flexibility index (Phi) is 8.00. The largest absolute Gasteiger partial charge is 0.437 e. The molecule has 0 aliphatic carbocycles. The number of fused-ring (bicyclic) bond motifs is 1. The van der Waals surface area contributed by atoms with Gasteiger partial charge in [-0.2, -0.15) is 0 Å². The van der Waals surface area contributed by atoms with E-state index in [0.29, 0.717) is 29.0 Å². The second-order valence-electron chi connectivity index (χ2n) is 10.4. The maximum Gasteiger partial charge on any atom is 0.228 e. The van der Waals surface area contributed by atoms with Crippen molar-refractivity contribution in [1.29, 1.82) is 0 Å². The monoisotopic (exact) mass is 562 g/mol. The van der Waals surface area contributed by atoms with E-state index in [1.807, 2.05) is 55.5 Å². The first-order valence-corrected chi connectivity index (χ1v) is 14.0. The van der Waals surface area contributed by atoms with Crippen molar-refractivity contribution >= 4 is 28.3 Å². The molecule has 1 unspecified atom stereocenters. The van der Waals surface area contributed by atoms with Crippen LogP contribution in [-0.4, -0.2) is 40.0 Å². The Morgan fingerprint density at radius 3 is 2.71 bits per heavy atom. The molecule has 3 heterocycles. The summed E-state index contributed by atoms with van der Waals surface area (Å²) in [6.45, 7) is 3.89. The first-order chi connectivity index (χ1) is 20.5. The Morgan fingerprint density at radius 2 is 1.88 bits per heavy atom. The SMILES string of the molecule is Cc1ccc2c(NC(=O)Cc3ccc(F)cc3)cccc2c1Oc1ncccc1-c1ccnc(NC2CCCNC2)n1. The standard InChI is InChI=1S/C33H31FN6O2/c1-21-9-14-25-26(6-2-8-28(25)39-30(41)19-22-10-12-23(34)13-11-22)31(21)42-32-27(7-4-17-36-32)29-15-18-37-33(40-29)38-24-5-3-16-35-20-24/h2,4,6-15,17-18,24,35H,3,5,16,19-20H2,1H3,(H,39,41)(H,37,38,40). The predicted molar refractivity (Wildman–Crippen MR) is 162 cm³/mol. The number of anilines is 2. The lowest BCUT2D eigenvalue weighted by Crippen LogP contribution is -2.38. The number of rotatable bonds is 8. The van der Waals surface area contributed by atoms with Gasteiger partial charge in [-0.1, -0.05) is 36.4 Å². The van der Waals surface area contributed by atoms with Crippen LogP contribution in [-0.2, 0) is 11.2 Å². The van der Waals surface area contributed by atoms with E-state index >= 15 is 0 Å². The van der Waals surface area contributed by atoms with Crippen molar-refractivity contribution in [3.05, 3.63) is 102 Å². The number of carbonyl (C=O) groups excluding carboxylic acids is 1. The number of piperidine rings is 1. The van der Waals surface area contributed by atoms with Crippen molar-refractivity contribution in [2.75, 3.05) is 23.7 Å². The summed E-state index contributed by atoms with van der Waals surface area (Å²) >= 11 is 0. The highest BCUT2D eigenvalue weighted by molar-refractivity contribution is 6.05. The van der Waals surface area contributed by atoms with Crippen LogP contribution in [0.2, 0.25) is 0 Å². The zero-order chi connectivity index (χ0) is 28.9. The lowest BCUT2D eigenvalue weighted by Gasteiger charge is -2.23. The van der Waals surface area contributed by atoms with Gasteiger partial charge in [-0.15, -0.1) is 0 Å². The van der Waals surface area contributed by atoms with E-state index < -0.39 is 0 Å². The number of halogens is 1. The number of hydrogen-bond donors (Lipinski definition) is 3. The highest BCUT2D eigenvalue weighted by Gasteiger charge is 2.18. The molecule has 9 heteroatoms. The molecule has 1 aliphatic rings. The van der Waals surface area contributed by atoms with Crippen LogP contribution in [0.3, 0.4) is 0 Å². The molecule has 0 saturated carbocycles. The van der Waals surface area contributed by atoms with E-state index in [4.69, 9.17) is 9.72 Å². The van der Waals surface area contributed by atoms with Gasteiger partial charge in [-0.3, -0.25) is 4.79 Å². The van der Waals surface area contributed by atoms with E-state index in [1.54, 1.807) is 24.5 Å². The number of aryl methyl sites for hydroxylation is 1. The van der Waals surface area contributed by atoms with Gasteiger partial charge in [0, 0.05) is 41.4 Å². The number of benzene rings is 3. The van der Waals surface area contributed by atoms with Crippen molar-refractivity contribution < 1.29 is 13.9 Å². The molecule has 3 aromatic carbocycles.